The van der Waals surface area contributed by atoms with Crippen LogP contribution in [0.2, 0.25) is 25.7 Å². The summed E-state index contributed by atoms with van der Waals surface area (Å²) >= 11 is 5.33. The van der Waals surface area contributed by atoms with Crippen LogP contribution in [-0.4, -0.2) is 24.5 Å². The Bertz CT molecular complexity index is 627. The van der Waals surface area contributed by atoms with Gasteiger partial charge in [-0.15, -0.1) is 0 Å². The normalized spacial score (nSPS) is 12.3. The Morgan fingerprint density at radius 2 is 2.10 bits per heavy atom. The van der Waals surface area contributed by atoms with Crippen LogP contribution in [0.4, 0.5) is 4.39 Å². The second-order valence-corrected chi connectivity index (χ2v) is 13.4. The lowest BCUT2D eigenvalue weighted by molar-refractivity contribution is 0.0810. The zero-order valence-electron chi connectivity index (χ0n) is 11.7. The van der Waals surface area contributed by atoms with Crippen LogP contribution in [0.15, 0.2) is 16.6 Å². The third-order valence-electron chi connectivity index (χ3n) is 2.97. The number of nitrogens with zero attached hydrogens (tertiary/aromatic N) is 2. The van der Waals surface area contributed by atoms with E-state index in [4.69, 9.17) is 4.74 Å². The Hall–Kier alpha value is 0.00688. The quantitative estimate of drug-likeness (QED) is 0.354. The fourth-order valence-corrected chi connectivity index (χ4v) is 3.56. The van der Waals surface area contributed by atoms with Crippen LogP contribution in [0.5, 0.6) is 0 Å². The first kappa shape index (κ1) is 16.4. The van der Waals surface area contributed by atoms with Crippen LogP contribution in [0, 0.1) is 9.52 Å². The summed E-state index contributed by atoms with van der Waals surface area (Å²) < 4.78 is 22.7. The average molecular weight is 471 g/mol. The number of hydrogen-bond acceptors (Lipinski definition) is 2. The zero-order chi connectivity index (χ0) is 14.9. The van der Waals surface area contributed by atoms with Gasteiger partial charge in [0.05, 0.1) is 4.47 Å². The second-order valence-electron chi connectivity index (χ2n) is 5.90. The molecule has 0 atom stereocenters. The van der Waals surface area contributed by atoms with Gasteiger partial charge >= 0.3 is 0 Å². The van der Waals surface area contributed by atoms with Crippen LogP contribution in [0.3, 0.4) is 0 Å². The largest absolute Gasteiger partial charge is 0.360 e. The van der Waals surface area contributed by atoms with Crippen molar-refractivity contribution in [2.75, 3.05) is 6.61 Å². The number of fused-ring (bicyclic) bond motifs is 1. The average Bonchev–Trinajstić information content (AvgIpc) is 2.66. The summed E-state index contributed by atoms with van der Waals surface area (Å²) in [5, 5.41) is 5.17. The fourth-order valence-electron chi connectivity index (χ4n) is 1.79. The molecular weight excluding hydrogens is 454 g/mol. The first-order chi connectivity index (χ1) is 9.29. The molecule has 7 heteroatoms. The molecule has 1 aromatic heterocycles. The lowest BCUT2D eigenvalue weighted by atomic mass is 10.2. The van der Waals surface area contributed by atoms with Crippen LogP contribution >= 0.6 is 38.5 Å². The van der Waals surface area contributed by atoms with Crippen LogP contribution in [0.25, 0.3) is 10.9 Å². The van der Waals surface area contributed by atoms with Crippen LogP contribution < -0.4 is 0 Å². The highest BCUT2D eigenvalue weighted by atomic mass is 127. The SMILES string of the molecule is C[Si](C)(C)CCOCn1nc(I)c2ccc(Br)c(F)c21. The van der Waals surface area contributed by atoms with Gasteiger partial charge in [-0.05, 0) is 56.7 Å². The Labute approximate surface area is 141 Å². The molecule has 0 fully saturated rings. The lowest BCUT2D eigenvalue weighted by Gasteiger charge is -2.15. The highest BCUT2D eigenvalue weighted by Gasteiger charge is 2.16. The zero-order valence-corrected chi connectivity index (χ0v) is 16.5. The number of aromatic nitrogens is 2. The van der Waals surface area contributed by atoms with E-state index in [-0.39, 0.29) is 12.5 Å². The van der Waals surface area contributed by atoms with E-state index in [0.29, 0.717) is 16.6 Å². The Morgan fingerprint density at radius 1 is 1.40 bits per heavy atom. The minimum absolute atomic E-state index is 0.285. The van der Waals surface area contributed by atoms with Crippen LogP contribution in [-0.2, 0) is 11.5 Å². The van der Waals surface area contributed by atoms with Gasteiger partial charge in [0.15, 0.2) is 5.82 Å². The maximum absolute atomic E-state index is 14.2. The molecule has 0 unspecified atom stereocenters. The molecule has 0 amide bonds. The van der Waals surface area contributed by atoms with Crippen molar-refractivity contribution in [3.05, 3.63) is 26.1 Å². The minimum Gasteiger partial charge on any atom is -0.360 e. The van der Waals surface area contributed by atoms with Gasteiger partial charge < -0.3 is 4.74 Å². The second kappa shape index (κ2) is 6.41. The van der Waals surface area contributed by atoms with Crippen molar-refractivity contribution >= 4 is 57.5 Å². The molecule has 1 heterocycles. The molecule has 2 aromatic rings. The topological polar surface area (TPSA) is 27.1 Å². The summed E-state index contributed by atoms with van der Waals surface area (Å²) in [5.74, 6) is -0.285. The summed E-state index contributed by atoms with van der Waals surface area (Å²) in [6.45, 7) is 7.90. The van der Waals surface area contributed by atoms with E-state index in [9.17, 15) is 4.39 Å². The Kier molecular flexibility index (Phi) is 5.25. The van der Waals surface area contributed by atoms with Gasteiger partial charge in [-0.25, -0.2) is 9.07 Å². The third kappa shape index (κ3) is 3.80. The molecule has 0 aliphatic rings. The number of halogens is 3. The van der Waals surface area contributed by atoms with Gasteiger partial charge in [0.2, 0.25) is 0 Å². The molecule has 0 N–H and O–H groups in total. The van der Waals surface area contributed by atoms with Gasteiger partial charge in [0, 0.05) is 20.1 Å². The van der Waals surface area contributed by atoms with Crippen molar-refractivity contribution in [1.82, 2.24) is 9.78 Å². The van der Waals surface area contributed by atoms with E-state index in [1.807, 2.05) is 6.07 Å². The number of ether oxygens (including phenoxy) is 1. The van der Waals surface area contributed by atoms with Gasteiger partial charge in [0.1, 0.15) is 15.9 Å². The third-order valence-corrected chi connectivity index (χ3v) is 6.08. The summed E-state index contributed by atoms with van der Waals surface area (Å²) in [5.41, 5.74) is 0.497. The number of benzene rings is 1. The first-order valence-corrected chi connectivity index (χ1v) is 12.0. The standard InChI is InChI=1S/C13H17BrFIN2OSi/c1-20(2,3)7-6-19-8-18-12-9(13(16)17-18)4-5-10(14)11(12)15/h4-5H,6-8H2,1-3H3. The summed E-state index contributed by atoms with van der Waals surface area (Å²) in [7, 11) is -1.10. The van der Waals surface area contributed by atoms with Crippen molar-refractivity contribution in [3.63, 3.8) is 0 Å². The van der Waals surface area contributed by atoms with Gasteiger partial charge in [-0.2, -0.15) is 5.10 Å². The molecule has 3 nitrogen and oxygen atoms in total. The van der Waals surface area contributed by atoms with Crippen molar-refractivity contribution in [1.29, 1.82) is 0 Å². The molecule has 0 aliphatic carbocycles. The van der Waals surface area contributed by atoms with E-state index in [2.05, 4.69) is 63.3 Å². The van der Waals surface area contributed by atoms with E-state index >= 15 is 0 Å². The molecular formula is C13H17BrFIN2OSi. The van der Waals surface area contributed by atoms with Gasteiger partial charge in [0.25, 0.3) is 0 Å². The lowest BCUT2D eigenvalue weighted by Crippen LogP contribution is -2.22. The van der Waals surface area contributed by atoms with Crippen molar-refractivity contribution in [3.8, 4) is 0 Å². The molecule has 0 bridgehead atoms. The Balaban J connectivity index is 2.16. The van der Waals surface area contributed by atoms with Crippen molar-refractivity contribution < 1.29 is 9.13 Å². The molecule has 0 saturated carbocycles. The maximum Gasteiger partial charge on any atom is 0.163 e. The molecule has 0 aliphatic heterocycles. The van der Waals surface area contributed by atoms with Gasteiger partial charge in [-0.3, -0.25) is 0 Å². The highest BCUT2D eigenvalue weighted by Crippen LogP contribution is 2.28. The first-order valence-electron chi connectivity index (χ1n) is 6.37. The molecule has 110 valence electrons. The predicted octanol–water partition coefficient (Wildman–Crippen LogP) is 4.85. The molecule has 0 spiro atoms. The molecule has 2 rings (SSSR count). The number of hydrogen-bond donors (Lipinski definition) is 0. The van der Waals surface area contributed by atoms with Crippen molar-refractivity contribution in [2.24, 2.45) is 0 Å². The van der Waals surface area contributed by atoms with Crippen LogP contribution in [0.1, 0.15) is 0 Å². The minimum atomic E-state index is -1.10. The molecule has 20 heavy (non-hydrogen) atoms. The van der Waals surface area contributed by atoms with E-state index in [1.165, 1.54) is 0 Å². The summed E-state index contributed by atoms with van der Waals surface area (Å²) in [6, 6.07) is 4.67. The highest BCUT2D eigenvalue weighted by molar-refractivity contribution is 14.1. The summed E-state index contributed by atoms with van der Waals surface area (Å²) in [4.78, 5) is 0. The molecule has 1 aromatic carbocycles. The predicted molar refractivity (Wildman–Crippen MR) is 94.2 cm³/mol. The fraction of sp³-hybridized carbons (Fsp3) is 0.462. The molecule has 0 radical (unpaired) electrons. The van der Waals surface area contributed by atoms with E-state index in [0.717, 1.165) is 15.1 Å². The number of rotatable bonds is 5. The summed E-state index contributed by atoms with van der Waals surface area (Å²) in [6.07, 6.45) is 0. The monoisotopic (exact) mass is 470 g/mol. The maximum atomic E-state index is 14.2. The van der Waals surface area contributed by atoms with Crippen molar-refractivity contribution in [2.45, 2.75) is 32.4 Å². The smallest absolute Gasteiger partial charge is 0.163 e. The van der Waals surface area contributed by atoms with Gasteiger partial charge in [-0.1, -0.05) is 19.6 Å². The molecule has 0 saturated heterocycles. The van der Waals surface area contributed by atoms with E-state index < -0.39 is 8.07 Å². The Morgan fingerprint density at radius 3 is 2.75 bits per heavy atom. The van der Waals surface area contributed by atoms with E-state index in [1.54, 1.807) is 10.7 Å².